The van der Waals surface area contributed by atoms with E-state index in [2.05, 4.69) is 32.3 Å². The second-order valence-corrected chi connectivity index (χ2v) is 6.18. The van der Waals surface area contributed by atoms with Gasteiger partial charge < -0.3 is 4.98 Å². The summed E-state index contributed by atoms with van der Waals surface area (Å²) >= 11 is 6.22. The topological polar surface area (TPSA) is 91.5 Å². The number of aromatic amines is 2. The predicted molar refractivity (Wildman–Crippen MR) is 90.3 cm³/mol. The number of hydrogen-bond donors (Lipinski definition) is 2. The summed E-state index contributed by atoms with van der Waals surface area (Å²) in [5.41, 5.74) is 1.73. The van der Waals surface area contributed by atoms with Gasteiger partial charge in [0.1, 0.15) is 5.69 Å². The fourth-order valence-corrected chi connectivity index (χ4v) is 3.22. The van der Waals surface area contributed by atoms with Crippen molar-refractivity contribution in [1.29, 1.82) is 0 Å². The summed E-state index contributed by atoms with van der Waals surface area (Å²) in [5, 5.41) is 8.31. The molecule has 7 heteroatoms. The van der Waals surface area contributed by atoms with Crippen molar-refractivity contribution in [3.05, 3.63) is 79.7 Å². The lowest BCUT2D eigenvalue weighted by Crippen LogP contribution is -2.23. The van der Waals surface area contributed by atoms with Gasteiger partial charge in [0.25, 0.3) is 5.56 Å². The van der Waals surface area contributed by atoms with Gasteiger partial charge in [0, 0.05) is 6.20 Å². The number of aromatic nitrogens is 4. The molecule has 0 aliphatic heterocycles. The number of benzene rings is 1. The first-order chi connectivity index (χ1) is 11.6. The quantitative estimate of drug-likeness (QED) is 0.766. The van der Waals surface area contributed by atoms with Crippen LogP contribution < -0.4 is 11.2 Å². The van der Waals surface area contributed by atoms with Gasteiger partial charge in [-0.1, -0.05) is 41.9 Å². The highest BCUT2D eigenvalue weighted by Crippen LogP contribution is 2.55. The van der Waals surface area contributed by atoms with E-state index in [1.807, 2.05) is 18.2 Å². The molecule has 4 rings (SSSR count). The SMILES string of the molecule is O=c1[nH]cc(-c2cc(C3C[C@@H]3c3ccccc3)c(Cl)nn2)c(=O)[nH]1. The van der Waals surface area contributed by atoms with Crippen molar-refractivity contribution in [1.82, 2.24) is 20.2 Å². The Morgan fingerprint density at radius 1 is 1.08 bits per heavy atom. The highest BCUT2D eigenvalue weighted by atomic mass is 35.5. The zero-order valence-electron chi connectivity index (χ0n) is 12.5. The van der Waals surface area contributed by atoms with E-state index in [0.29, 0.717) is 16.8 Å². The second kappa shape index (κ2) is 5.72. The maximum Gasteiger partial charge on any atom is 0.325 e. The summed E-state index contributed by atoms with van der Waals surface area (Å²) in [6.45, 7) is 0. The average Bonchev–Trinajstić information content (AvgIpc) is 3.37. The van der Waals surface area contributed by atoms with Crippen molar-refractivity contribution in [2.45, 2.75) is 18.3 Å². The van der Waals surface area contributed by atoms with Crippen LogP contribution in [0, 0.1) is 0 Å². The first-order valence-corrected chi connectivity index (χ1v) is 7.91. The molecule has 0 radical (unpaired) electrons. The van der Waals surface area contributed by atoms with E-state index in [1.165, 1.54) is 11.8 Å². The molecule has 1 aromatic carbocycles. The lowest BCUT2D eigenvalue weighted by Gasteiger charge is -2.05. The molecule has 1 aliphatic carbocycles. The third-order valence-corrected chi connectivity index (χ3v) is 4.58. The van der Waals surface area contributed by atoms with E-state index in [-0.39, 0.29) is 11.5 Å². The molecule has 1 aliphatic rings. The summed E-state index contributed by atoms with van der Waals surface area (Å²) in [6.07, 6.45) is 2.32. The average molecular weight is 341 g/mol. The molecule has 2 N–H and O–H groups in total. The van der Waals surface area contributed by atoms with Crippen molar-refractivity contribution in [3.8, 4) is 11.3 Å². The molecular weight excluding hydrogens is 328 g/mol. The first kappa shape index (κ1) is 14.8. The molecule has 3 aromatic rings. The molecule has 1 unspecified atom stereocenters. The predicted octanol–water partition coefficient (Wildman–Crippen LogP) is 2.44. The van der Waals surface area contributed by atoms with Gasteiger partial charge in [0.2, 0.25) is 0 Å². The molecule has 6 nitrogen and oxygen atoms in total. The van der Waals surface area contributed by atoms with E-state index < -0.39 is 11.2 Å². The molecule has 120 valence electrons. The normalized spacial score (nSPS) is 19.2. The molecule has 2 aromatic heterocycles. The van der Waals surface area contributed by atoms with Crippen LogP contribution in [0.2, 0.25) is 5.15 Å². The number of nitrogens with zero attached hydrogens (tertiary/aromatic N) is 2. The third kappa shape index (κ3) is 2.65. The van der Waals surface area contributed by atoms with Gasteiger partial charge in [0.05, 0.1) is 5.56 Å². The van der Waals surface area contributed by atoms with Gasteiger partial charge in [-0.15, -0.1) is 10.2 Å². The highest BCUT2D eigenvalue weighted by Gasteiger charge is 2.41. The van der Waals surface area contributed by atoms with Gasteiger partial charge in [-0.3, -0.25) is 9.78 Å². The monoisotopic (exact) mass is 340 g/mol. The van der Waals surface area contributed by atoms with Crippen LogP contribution in [0.5, 0.6) is 0 Å². The first-order valence-electron chi connectivity index (χ1n) is 7.54. The van der Waals surface area contributed by atoms with Gasteiger partial charge in [-0.05, 0) is 35.4 Å². The van der Waals surface area contributed by atoms with Crippen molar-refractivity contribution in [2.24, 2.45) is 0 Å². The van der Waals surface area contributed by atoms with E-state index in [9.17, 15) is 9.59 Å². The standard InChI is InChI=1S/C17H13ClN4O2/c18-15-12(11-6-10(11)9-4-2-1-3-5-9)7-14(21-22-15)13-8-19-17(24)20-16(13)23/h1-5,7-8,10-11H,6H2,(H2,19,20,23,24)/t10-,11?/m1/s1. The lowest BCUT2D eigenvalue weighted by atomic mass is 10.0. The number of H-pyrrole nitrogens is 2. The Morgan fingerprint density at radius 2 is 1.88 bits per heavy atom. The summed E-state index contributed by atoms with van der Waals surface area (Å²) in [6, 6.07) is 12.0. The molecule has 2 heterocycles. The third-order valence-electron chi connectivity index (χ3n) is 4.29. The molecule has 0 bridgehead atoms. The Kier molecular flexibility index (Phi) is 3.54. The van der Waals surface area contributed by atoms with Gasteiger partial charge in [0.15, 0.2) is 5.15 Å². The lowest BCUT2D eigenvalue weighted by molar-refractivity contribution is 0.952. The van der Waals surface area contributed by atoms with Crippen LogP contribution in [-0.4, -0.2) is 20.2 Å². The van der Waals surface area contributed by atoms with Crippen LogP contribution in [0.15, 0.2) is 52.2 Å². The smallest absolute Gasteiger partial charge is 0.313 e. The van der Waals surface area contributed by atoms with Crippen molar-refractivity contribution in [2.75, 3.05) is 0 Å². The fraction of sp³-hybridized carbons (Fsp3) is 0.176. The molecule has 0 amide bonds. The largest absolute Gasteiger partial charge is 0.325 e. The van der Waals surface area contributed by atoms with E-state index >= 15 is 0 Å². The molecule has 1 saturated carbocycles. The zero-order valence-corrected chi connectivity index (χ0v) is 13.2. The Hall–Kier alpha value is -2.73. The summed E-state index contributed by atoms with van der Waals surface area (Å²) < 4.78 is 0. The van der Waals surface area contributed by atoms with E-state index in [4.69, 9.17) is 11.6 Å². The van der Waals surface area contributed by atoms with Crippen LogP contribution in [0.1, 0.15) is 29.4 Å². The van der Waals surface area contributed by atoms with Crippen LogP contribution in [0.3, 0.4) is 0 Å². The Labute approximate surface area is 141 Å². The number of rotatable bonds is 3. The fourth-order valence-electron chi connectivity index (χ4n) is 2.99. The molecule has 2 atom stereocenters. The number of nitrogens with one attached hydrogen (secondary N) is 2. The zero-order chi connectivity index (χ0) is 16.7. The van der Waals surface area contributed by atoms with E-state index in [1.54, 1.807) is 6.07 Å². The minimum atomic E-state index is -0.558. The van der Waals surface area contributed by atoms with Crippen LogP contribution >= 0.6 is 11.6 Å². The van der Waals surface area contributed by atoms with Crippen molar-refractivity contribution < 1.29 is 0 Å². The second-order valence-electron chi connectivity index (χ2n) is 5.82. The molecule has 0 spiro atoms. The minimum absolute atomic E-state index is 0.260. The van der Waals surface area contributed by atoms with Crippen LogP contribution in [0.4, 0.5) is 0 Å². The molecule has 1 fully saturated rings. The van der Waals surface area contributed by atoms with Crippen LogP contribution in [-0.2, 0) is 0 Å². The number of halogens is 1. The number of hydrogen-bond acceptors (Lipinski definition) is 4. The van der Waals surface area contributed by atoms with Gasteiger partial charge in [-0.2, -0.15) is 0 Å². The summed E-state index contributed by atoms with van der Waals surface area (Å²) in [4.78, 5) is 27.7. The van der Waals surface area contributed by atoms with Gasteiger partial charge in [-0.25, -0.2) is 4.79 Å². The summed E-state index contributed by atoms with van der Waals surface area (Å²) in [7, 11) is 0. The maximum absolute atomic E-state index is 11.9. The van der Waals surface area contributed by atoms with Crippen LogP contribution in [0.25, 0.3) is 11.3 Å². The molecule has 24 heavy (non-hydrogen) atoms. The van der Waals surface area contributed by atoms with Gasteiger partial charge >= 0.3 is 5.69 Å². The summed E-state index contributed by atoms with van der Waals surface area (Å²) in [5.74, 6) is 0.658. The van der Waals surface area contributed by atoms with E-state index in [0.717, 1.165) is 12.0 Å². The van der Waals surface area contributed by atoms with Crippen molar-refractivity contribution >= 4 is 11.6 Å². The Bertz CT molecular complexity index is 1010. The molecule has 0 saturated heterocycles. The highest BCUT2D eigenvalue weighted by molar-refractivity contribution is 6.30. The molecular formula is C17H13ClN4O2. The maximum atomic E-state index is 11.9. The minimum Gasteiger partial charge on any atom is -0.313 e. The Balaban J connectivity index is 1.71. The van der Waals surface area contributed by atoms with Crippen molar-refractivity contribution in [3.63, 3.8) is 0 Å². The Morgan fingerprint density at radius 3 is 2.62 bits per heavy atom.